The fourth-order valence-corrected chi connectivity index (χ4v) is 4.56. The van der Waals surface area contributed by atoms with Gasteiger partial charge >= 0.3 is 5.97 Å². The van der Waals surface area contributed by atoms with E-state index in [0.29, 0.717) is 25.9 Å². The summed E-state index contributed by atoms with van der Waals surface area (Å²) in [5.74, 6) is -0.0983. The second-order valence-electron chi connectivity index (χ2n) is 7.77. The highest BCUT2D eigenvalue weighted by Crippen LogP contribution is 2.46. The van der Waals surface area contributed by atoms with Gasteiger partial charge in [-0.1, -0.05) is 32.1 Å². The van der Waals surface area contributed by atoms with Gasteiger partial charge in [-0.25, -0.2) is 0 Å². The molecule has 1 unspecified atom stereocenters. The van der Waals surface area contributed by atoms with Crippen LogP contribution in [0.25, 0.3) is 0 Å². The number of ether oxygens (including phenoxy) is 1. The van der Waals surface area contributed by atoms with E-state index in [1.54, 1.807) is 0 Å². The number of hydrogen-bond donors (Lipinski definition) is 2. The van der Waals surface area contributed by atoms with Gasteiger partial charge in [0.15, 0.2) is 0 Å². The van der Waals surface area contributed by atoms with E-state index in [-0.39, 0.29) is 23.5 Å². The highest BCUT2D eigenvalue weighted by molar-refractivity contribution is 5.76. The molecule has 2 saturated carbocycles. The zero-order valence-corrected chi connectivity index (χ0v) is 13.9. The van der Waals surface area contributed by atoms with E-state index in [1.165, 1.54) is 32.1 Å². The molecule has 23 heavy (non-hydrogen) atoms. The molecule has 2 aliphatic carbocycles. The number of carboxylic acid groups (broad SMARTS) is 1. The number of carboxylic acids is 1. The fraction of sp³-hybridized carbons (Fsp3) is 0.889. The molecular weight excluding hydrogens is 294 g/mol. The number of amides is 1. The van der Waals surface area contributed by atoms with Crippen molar-refractivity contribution >= 4 is 11.9 Å². The standard InChI is InChI=1S/C18H29NO4/c20-16(7-6-13-4-2-1-3-5-13)19-15-8-9-23-18(12-15)10-14(11-18)17(21)22/h13-15H,1-12H2,(H,19,20)(H,21,22). The second kappa shape index (κ2) is 7.20. The minimum Gasteiger partial charge on any atom is -0.481 e. The summed E-state index contributed by atoms with van der Waals surface area (Å²) in [7, 11) is 0. The molecule has 0 aromatic heterocycles. The number of nitrogens with one attached hydrogen (secondary N) is 1. The monoisotopic (exact) mass is 323 g/mol. The lowest BCUT2D eigenvalue weighted by Crippen LogP contribution is -2.56. The normalized spacial score (nSPS) is 34.8. The summed E-state index contributed by atoms with van der Waals surface area (Å²) < 4.78 is 5.83. The minimum atomic E-state index is -0.724. The van der Waals surface area contributed by atoms with Crippen molar-refractivity contribution in [1.82, 2.24) is 5.32 Å². The van der Waals surface area contributed by atoms with E-state index in [0.717, 1.165) is 25.2 Å². The number of rotatable bonds is 5. The van der Waals surface area contributed by atoms with Gasteiger partial charge < -0.3 is 15.2 Å². The molecule has 3 fully saturated rings. The lowest BCUT2D eigenvalue weighted by molar-refractivity contribution is -0.182. The van der Waals surface area contributed by atoms with Crippen LogP contribution in [-0.4, -0.2) is 35.2 Å². The summed E-state index contributed by atoms with van der Waals surface area (Å²) in [4.78, 5) is 23.2. The van der Waals surface area contributed by atoms with Crippen molar-refractivity contribution < 1.29 is 19.4 Å². The number of aliphatic carboxylic acids is 1. The van der Waals surface area contributed by atoms with E-state index >= 15 is 0 Å². The fourth-order valence-electron chi connectivity index (χ4n) is 4.56. The lowest BCUT2D eigenvalue weighted by atomic mass is 9.66. The number of hydrogen-bond acceptors (Lipinski definition) is 3. The largest absolute Gasteiger partial charge is 0.481 e. The van der Waals surface area contributed by atoms with Crippen molar-refractivity contribution in [2.75, 3.05) is 6.61 Å². The quantitative estimate of drug-likeness (QED) is 0.816. The van der Waals surface area contributed by atoms with Crippen molar-refractivity contribution in [2.24, 2.45) is 11.8 Å². The van der Waals surface area contributed by atoms with Crippen LogP contribution in [0.1, 0.15) is 70.6 Å². The highest BCUT2D eigenvalue weighted by Gasteiger charge is 2.51. The molecule has 5 nitrogen and oxygen atoms in total. The molecule has 3 aliphatic rings. The Morgan fingerprint density at radius 2 is 1.83 bits per heavy atom. The molecule has 0 radical (unpaired) electrons. The maximum absolute atomic E-state index is 12.2. The van der Waals surface area contributed by atoms with Gasteiger partial charge in [0.1, 0.15) is 0 Å². The molecule has 3 rings (SSSR count). The Morgan fingerprint density at radius 3 is 2.52 bits per heavy atom. The summed E-state index contributed by atoms with van der Waals surface area (Å²) in [6.07, 6.45) is 11.0. The maximum atomic E-state index is 12.2. The second-order valence-corrected chi connectivity index (χ2v) is 7.77. The third-order valence-electron chi connectivity index (χ3n) is 5.95. The predicted molar refractivity (Wildman–Crippen MR) is 86.0 cm³/mol. The predicted octanol–water partition coefficient (Wildman–Crippen LogP) is 2.88. The molecule has 130 valence electrons. The first-order valence-corrected chi connectivity index (χ1v) is 9.22. The van der Waals surface area contributed by atoms with Gasteiger partial charge in [-0.2, -0.15) is 0 Å². The Kier molecular flexibility index (Phi) is 5.24. The third kappa shape index (κ3) is 4.25. The van der Waals surface area contributed by atoms with Gasteiger partial charge in [0, 0.05) is 19.1 Å². The van der Waals surface area contributed by atoms with Crippen molar-refractivity contribution in [3.8, 4) is 0 Å². The summed E-state index contributed by atoms with van der Waals surface area (Å²) >= 11 is 0. The third-order valence-corrected chi connectivity index (χ3v) is 5.95. The summed E-state index contributed by atoms with van der Waals surface area (Å²) in [5, 5.41) is 12.2. The van der Waals surface area contributed by atoms with Gasteiger partial charge in [0.25, 0.3) is 0 Å². The summed E-state index contributed by atoms with van der Waals surface area (Å²) in [5.41, 5.74) is -0.289. The zero-order chi connectivity index (χ0) is 16.3. The molecule has 1 spiro atoms. The molecule has 1 heterocycles. The molecule has 2 N–H and O–H groups in total. The van der Waals surface area contributed by atoms with Gasteiger partial charge in [-0.05, 0) is 38.0 Å². The van der Waals surface area contributed by atoms with Crippen LogP contribution in [0.3, 0.4) is 0 Å². The van der Waals surface area contributed by atoms with Crippen LogP contribution < -0.4 is 5.32 Å². The molecule has 0 aromatic carbocycles. The van der Waals surface area contributed by atoms with Crippen molar-refractivity contribution in [3.05, 3.63) is 0 Å². The molecule has 0 bridgehead atoms. The SMILES string of the molecule is O=C(CCC1CCCCC1)NC1CCOC2(C1)CC(C(=O)O)C2. The van der Waals surface area contributed by atoms with Crippen LogP contribution in [0.15, 0.2) is 0 Å². The van der Waals surface area contributed by atoms with E-state index in [1.807, 2.05) is 0 Å². The average Bonchev–Trinajstić information content (AvgIpc) is 2.51. The highest BCUT2D eigenvalue weighted by atomic mass is 16.5. The first kappa shape index (κ1) is 16.7. The molecule has 0 aromatic rings. The molecule has 1 atom stereocenters. The Labute approximate surface area is 138 Å². The van der Waals surface area contributed by atoms with Crippen LogP contribution >= 0.6 is 0 Å². The minimum absolute atomic E-state index is 0.150. The van der Waals surface area contributed by atoms with Crippen molar-refractivity contribution in [3.63, 3.8) is 0 Å². The van der Waals surface area contributed by atoms with E-state index in [2.05, 4.69) is 5.32 Å². The smallest absolute Gasteiger partial charge is 0.306 e. The number of carbonyl (C=O) groups is 2. The van der Waals surface area contributed by atoms with Crippen molar-refractivity contribution in [1.29, 1.82) is 0 Å². The van der Waals surface area contributed by atoms with Crippen LogP contribution in [0.5, 0.6) is 0 Å². The Bertz CT molecular complexity index is 438. The van der Waals surface area contributed by atoms with Crippen LogP contribution in [-0.2, 0) is 14.3 Å². The van der Waals surface area contributed by atoms with Gasteiger partial charge in [0.2, 0.25) is 5.91 Å². The Balaban J connectivity index is 1.39. The van der Waals surface area contributed by atoms with Gasteiger partial charge in [-0.3, -0.25) is 9.59 Å². The van der Waals surface area contributed by atoms with Gasteiger partial charge in [-0.15, -0.1) is 0 Å². The Morgan fingerprint density at radius 1 is 1.09 bits per heavy atom. The van der Waals surface area contributed by atoms with Crippen LogP contribution in [0.4, 0.5) is 0 Å². The molecule has 1 saturated heterocycles. The molecule has 5 heteroatoms. The average molecular weight is 323 g/mol. The Hall–Kier alpha value is -1.10. The summed E-state index contributed by atoms with van der Waals surface area (Å²) in [6, 6.07) is 0.150. The molecular formula is C18H29NO4. The van der Waals surface area contributed by atoms with E-state index in [4.69, 9.17) is 9.84 Å². The van der Waals surface area contributed by atoms with E-state index < -0.39 is 5.97 Å². The molecule has 1 aliphatic heterocycles. The molecule has 1 amide bonds. The zero-order valence-electron chi connectivity index (χ0n) is 13.9. The topological polar surface area (TPSA) is 75.6 Å². The maximum Gasteiger partial charge on any atom is 0.306 e. The summed E-state index contributed by atoms with van der Waals surface area (Å²) in [6.45, 7) is 0.625. The first-order chi connectivity index (χ1) is 11.1. The van der Waals surface area contributed by atoms with Crippen molar-refractivity contribution in [2.45, 2.75) is 82.3 Å². The van der Waals surface area contributed by atoms with Gasteiger partial charge in [0.05, 0.1) is 11.5 Å². The first-order valence-electron chi connectivity index (χ1n) is 9.22. The van der Waals surface area contributed by atoms with Crippen LogP contribution in [0.2, 0.25) is 0 Å². The number of carbonyl (C=O) groups excluding carboxylic acids is 1. The van der Waals surface area contributed by atoms with Crippen LogP contribution in [0, 0.1) is 11.8 Å². The lowest BCUT2D eigenvalue weighted by Gasteiger charge is -2.50. The van der Waals surface area contributed by atoms with E-state index in [9.17, 15) is 9.59 Å².